The molecular formula is C15H11BrF2INO. The molecule has 0 saturated heterocycles. The first-order valence-electron chi connectivity index (χ1n) is 6.03. The van der Waals surface area contributed by atoms with Crippen LogP contribution in [0.15, 0.2) is 28.7 Å². The smallest absolute Gasteiger partial charge is 0.184 e. The molecule has 0 heterocycles. The summed E-state index contributed by atoms with van der Waals surface area (Å²) in [6.07, 6.45) is 0. The normalized spacial score (nSPS) is 10.6. The van der Waals surface area contributed by atoms with E-state index >= 15 is 0 Å². The fraction of sp³-hybridized carbons (Fsp3) is 0.133. The van der Waals surface area contributed by atoms with E-state index < -0.39 is 11.6 Å². The zero-order valence-corrected chi connectivity index (χ0v) is 15.0. The molecule has 0 unspecified atom stereocenters. The number of carbonyl (C=O) groups excluding carboxylic acids is 1. The predicted molar refractivity (Wildman–Crippen MR) is 91.2 cm³/mol. The number of hydrogen-bond donors (Lipinski definition) is 1. The number of hydrogen-bond acceptors (Lipinski definition) is 2. The summed E-state index contributed by atoms with van der Waals surface area (Å²) in [6.45, 7) is 3.16. The first-order valence-corrected chi connectivity index (χ1v) is 7.90. The lowest BCUT2D eigenvalue weighted by atomic mass is 10.1. The molecule has 0 aromatic heterocycles. The Balaban J connectivity index is 2.57. The Hall–Kier alpha value is -1.02. The number of nitrogens with one attached hydrogen (secondary N) is 1. The molecule has 6 heteroatoms. The van der Waals surface area contributed by atoms with Gasteiger partial charge in [-0.1, -0.05) is 0 Å². The van der Waals surface area contributed by atoms with Gasteiger partial charge in [-0.15, -0.1) is 0 Å². The first kappa shape index (κ1) is 16.4. The van der Waals surface area contributed by atoms with E-state index in [2.05, 4.69) is 43.8 Å². The van der Waals surface area contributed by atoms with Crippen molar-refractivity contribution in [1.82, 2.24) is 0 Å². The van der Waals surface area contributed by atoms with Gasteiger partial charge in [0, 0.05) is 14.8 Å². The van der Waals surface area contributed by atoms with Gasteiger partial charge in [0.2, 0.25) is 0 Å². The first-order chi connectivity index (χ1) is 9.81. The highest BCUT2D eigenvalue weighted by atomic mass is 127. The van der Waals surface area contributed by atoms with E-state index in [0.29, 0.717) is 5.69 Å². The maximum absolute atomic E-state index is 14.2. The molecular weight excluding hydrogens is 455 g/mol. The Kier molecular flexibility index (Phi) is 4.98. The van der Waals surface area contributed by atoms with Crippen LogP contribution in [0.25, 0.3) is 0 Å². The minimum Gasteiger partial charge on any atom is -0.352 e. The molecule has 21 heavy (non-hydrogen) atoms. The van der Waals surface area contributed by atoms with Crippen LogP contribution in [-0.4, -0.2) is 5.78 Å². The molecule has 0 aliphatic carbocycles. The molecule has 1 N–H and O–H groups in total. The van der Waals surface area contributed by atoms with Crippen molar-refractivity contribution < 1.29 is 13.6 Å². The van der Waals surface area contributed by atoms with E-state index in [0.717, 1.165) is 9.13 Å². The Morgan fingerprint density at radius 1 is 1.24 bits per heavy atom. The molecule has 0 aliphatic rings. The molecule has 0 saturated carbocycles. The van der Waals surface area contributed by atoms with Crippen molar-refractivity contribution in [2.24, 2.45) is 0 Å². The summed E-state index contributed by atoms with van der Waals surface area (Å²) in [6, 6.07) is 6.80. The van der Waals surface area contributed by atoms with Gasteiger partial charge in [-0.25, -0.2) is 8.78 Å². The second-order valence-corrected chi connectivity index (χ2v) is 6.65. The third-order valence-electron chi connectivity index (χ3n) is 2.99. The number of ketones is 1. The van der Waals surface area contributed by atoms with Crippen molar-refractivity contribution in [3.63, 3.8) is 0 Å². The highest BCUT2D eigenvalue weighted by Crippen LogP contribution is 2.32. The van der Waals surface area contributed by atoms with Crippen molar-refractivity contribution in [1.29, 1.82) is 0 Å². The lowest BCUT2D eigenvalue weighted by Gasteiger charge is -2.15. The highest BCUT2D eigenvalue weighted by molar-refractivity contribution is 14.1. The highest BCUT2D eigenvalue weighted by Gasteiger charge is 2.20. The van der Waals surface area contributed by atoms with Gasteiger partial charge >= 0.3 is 0 Å². The summed E-state index contributed by atoms with van der Waals surface area (Å²) in [7, 11) is 0. The summed E-state index contributed by atoms with van der Waals surface area (Å²) in [4.78, 5) is 11.7. The van der Waals surface area contributed by atoms with Gasteiger partial charge in [0.1, 0.15) is 0 Å². The molecule has 0 fully saturated rings. The molecule has 0 spiro atoms. The van der Waals surface area contributed by atoms with E-state index in [9.17, 15) is 13.6 Å². The number of carbonyl (C=O) groups is 1. The fourth-order valence-electron chi connectivity index (χ4n) is 1.90. The molecule has 2 nitrogen and oxygen atoms in total. The van der Waals surface area contributed by atoms with E-state index in [4.69, 9.17) is 0 Å². The van der Waals surface area contributed by atoms with Crippen LogP contribution < -0.4 is 5.32 Å². The Morgan fingerprint density at radius 2 is 1.90 bits per heavy atom. The zero-order chi connectivity index (χ0) is 15.7. The van der Waals surface area contributed by atoms with Gasteiger partial charge in [-0.3, -0.25) is 4.79 Å². The monoisotopic (exact) mass is 465 g/mol. The second-order valence-electron chi connectivity index (χ2n) is 4.55. The lowest BCUT2D eigenvalue weighted by Crippen LogP contribution is -2.06. The van der Waals surface area contributed by atoms with Gasteiger partial charge in [0.25, 0.3) is 0 Å². The molecule has 0 aliphatic heterocycles. The largest absolute Gasteiger partial charge is 0.352 e. The number of Topliss-reactive ketones (excluding diaryl/α,β-unsaturated/α-hetero) is 1. The summed E-state index contributed by atoms with van der Waals surface area (Å²) < 4.78 is 28.8. The van der Waals surface area contributed by atoms with Crippen LogP contribution in [0.1, 0.15) is 22.8 Å². The molecule has 2 aromatic carbocycles. The third kappa shape index (κ3) is 3.42. The minimum absolute atomic E-state index is 0.0740. The number of aryl methyl sites for hydroxylation is 1. The van der Waals surface area contributed by atoms with E-state index in [1.54, 1.807) is 6.07 Å². The Morgan fingerprint density at radius 3 is 2.48 bits per heavy atom. The van der Waals surface area contributed by atoms with E-state index in [1.807, 2.05) is 19.1 Å². The van der Waals surface area contributed by atoms with E-state index in [-0.39, 0.29) is 21.5 Å². The van der Waals surface area contributed by atoms with Gasteiger partial charge < -0.3 is 5.32 Å². The summed E-state index contributed by atoms with van der Waals surface area (Å²) in [5.74, 6) is -2.45. The molecule has 0 bridgehead atoms. The fourth-order valence-corrected chi connectivity index (χ4v) is 2.95. The number of benzene rings is 2. The maximum Gasteiger partial charge on any atom is 0.184 e. The van der Waals surface area contributed by atoms with Crippen LogP contribution in [0.3, 0.4) is 0 Å². The standard InChI is InChI=1S/C15H11BrF2INO/c1-7-5-9(19)3-4-12(7)20-15-10(8(2)21)6-11(16)13(17)14(15)18/h3-6,20H,1-2H3. The van der Waals surface area contributed by atoms with Crippen molar-refractivity contribution in [3.05, 3.63) is 55.1 Å². The van der Waals surface area contributed by atoms with E-state index in [1.165, 1.54) is 13.0 Å². The summed E-state index contributed by atoms with van der Waals surface area (Å²) >= 11 is 5.08. The molecule has 2 rings (SSSR count). The summed E-state index contributed by atoms with van der Waals surface area (Å²) in [5.41, 5.74) is 1.45. The van der Waals surface area contributed by atoms with Crippen LogP contribution >= 0.6 is 38.5 Å². The van der Waals surface area contributed by atoms with Gasteiger partial charge in [0.05, 0.1) is 10.2 Å². The van der Waals surface area contributed by atoms with Crippen molar-refractivity contribution in [2.45, 2.75) is 13.8 Å². The molecule has 110 valence electrons. The van der Waals surface area contributed by atoms with Crippen LogP contribution in [0.4, 0.5) is 20.2 Å². The Labute approximate surface area is 143 Å². The lowest BCUT2D eigenvalue weighted by molar-refractivity contribution is 0.101. The number of rotatable bonds is 3. The number of anilines is 2. The van der Waals surface area contributed by atoms with Crippen molar-refractivity contribution in [2.75, 3.05) is 5.32 Å². The van der Waals surface area contributed by atoms with Crippen LogP contribution in [0, 0.1) is 22.1 Å². The van der Waals surface area contributed by atoms with Crippen LogP contribution in [0.5, 0.6) is 0 Å². The quantitative estimate of drug-likeness (QED) is 0.364. The molecule has 0 amide bonds. The molecule has 0 atom stereocenters. The maximum atomic E-state index is 14.2. The molecule has 0 radical (unpaired) electrons. The van der Waals surface area contributed by atoms with Crippen molar-refractivity contribution in [3.8, 4) is 0 Å². The number of halogens is 4. The molecule has 2 aromatic rings. The van der Waals surface area contributed by atoms with Crippen LogP contribution in [-0.2, 0) is 0 Å². The Bertz CT molecular complexity index is 734. The zero-order valence-electron chi connectivity index (χ0n) is 11.2. The second kappa shape index (κ2) is 6.39. The van der Waals surface area contributed by atoms with Crippen LogP contribution in [0.2, 0.25) is 0 Å². The SMILES string of the molecule is CC(=O)c1cc(Br)c(F)c(F)c1Nc1ccc(I)cc1C. The van der Waals surface area contributed by atoms with Gasteiger partial charge in [0.15, 0.2) is 17.4 Å². The minimum atomic E-state index is -1.08. The average Bonchev–Trinajstić information content (AvgIpc) is 2.41. The van der Waals surface area contributed by atoms with Crippen molar-refractivity contribution >= 4 is 55.7 Å². The topological polar surface area (TPSA) is 29.1 Å². The average molecular weight is 466 g/mol. The van der Waals surface area contributed by atoms with Gasteiger partial charge in [-0.05, 0) is 82.2 Å². The third-order valence-corrected chi connectivity index (χ3v) is 4.24. The summed E-state index contributed by atoms with van der Waals surface area (Å²) in [5, 5.41) is 2.83. The van der Waals surface area contributed by atoms with Gasteiger partial charge in [-0.2, -0.15) is 0 Å². The predicted octanol–water partition coefficient (Wildman–Crippen LogP) is 5.59.